The molecule has 1 aliphatic heterocycles. The van der Waals surface area contributed by atoms with Crippen LogP contribution in [0.4, 0.5) is 0 Å². The van der Waals surface area contributed by atoms with E-state index < -0.39 is 91.5 Å². The average molecular weight is 706 g/mol. The van der Waals surface area contributed by atoms with Gasteiger partial charge in [-0.3, -0.25) is 39.0 Å². The predicted molar refractivity (Wildman–Crippen MR) is 186 cm³/mol. The SMILES string of the molecule is CC(C)C1C(=O)N[C@@H](CNC(=O)c2ccc(C(=N)N)cc2)C(=O)NCC(=O)N[C@@H](CC(=O)O)C(=O)NCC(=O)N1C.Cc1c[nH]c2ccccc12. The molecule has 1 aromatic heterocycles. The summed E-state index contributed by atoms with van der Waals surface area (Å²) >= 11 is 0. The number of hydrogen-bond acceptors (Lipinski definition) is 8. The number of likely N-dealkylation sites (N-methyl/N-ethyl adjacent to an activating group) is 1. The first-order valence-electron chi connectivity index (χ1n) is 16.0. The minimum Gasteiger partial charge on any atom is -0.481 e. The number of nitrogen functional groups attached to an aromatic ring is 1. The number of amidine groups is 1. The smallest absolute Gasteiger partial charge is 0.305 e. The molecule has 3 atom stereocenters. The van der Waals surface area contributed by atoms with Gasteiger partial charge >= 0.3 is 5.97 Å². The molecule has 0 aliphatic carbocycles. The van der Waals surface area contributed by atoms with Crippen molar-refractivity contribution in [1.29, 1.82) is 5.41 Å². The minimum atomic E-state index is -1.54. The van der Waals surface area contributed by atoms with Crippen LogP contribution >= 0.6 is 0 Å². The van der Waals surface area contributed by atoms with Crippen molar-refractivity contribution in [3.8, 4) is 0 Å². The normalized spacial score (nSPS) is 19.0. The Bertz CT molecular complexity index is 1790. The van der Waals surface area contributed by atoms with E-state index in [2.05, 4.69) is 56.7 Å². The van der Waals surface area contributed by atoms with Gasteiger partial charge in [-0.2, -0.15) is 0 Å². The fraction of sp³-hybridized carbons (Fsp3) is 0.353. The Morgan fingerprint density at radius 1 is 0.922 bits per heavy atom. The first kappa shape index (κ1) is 39.2. The van der Waals surface area contributed by atoms with Crippen molar-refractivity contribution in [2.24, 2.45) is 11.7 Å². The second-order valence-electron chi connectivity index (χ2n) is 12.1. The third-order valence-electron chi connectivity index (χ3n) is 7.93. The number of carboxylic acid groups (broad SMARTS) is 1. The maximum atomic E-state index is 13.3. The summed E-state index contributed by atoms with van der Waals surface area (Å²) in [5.74, 6) is -6.77. The van der Waals surface area contributed by atoms with Gasteiger partial charge in [0, 0.05) is 41.8 Å². The molecule has 2 aromatic carbocycles. The van der Waals surface area contributed by atoms with E-state index in [0.717, 1.165) is 4.90 Å². The van der Waals surface area contributed by atoms with Gasteiger partial charge in [-0.15, -0.1) is 0 Å². The Labute approximate surface area is 293 Å². The van der Waals surface area contributed by atoms with Gasteiger partial charge in [-0.05, 0) is 36.6 Å². The molecule has 0 saturated carbocycles. The number of aromatic amines is 1. The summed E-state index contributed by atoms with van der Waals surface area (Å²) in [5, 5.41) is 29.7. The van der Waals surface area contributed by atoms with Gasteiger partial charge in [0.2, 0.25) is 29.5 Å². The summed E-state index contributed by atoms with van der Waals surface area (Å²) in [7, 11) is 1.33. The number of carbonyl (C=O) groups is 7. The topological polar surface area (TPSA) is 269 Å². The van der Waals surface area contributed by atoms with Gasteiger partial charge in [0.1, 0.15) is 24.0 Å². The van der Waals surface area contributed by atoms with Crippen molar-refractivity contribution in [3.63, 3.8) is 0 Å². The highest BCUT2D eigenvalue weighted by Gasteiger charge is 2.34. The Kier molecular flexibility index (Phi) is 13.8. The number of aliphatic carboxylic acids is 1. The number of carbonyl (C=O) groups excluding carboxylic acids is 6. The zero-order valence-electron chi connectivity index (χ0n) is 28.7. The van der Waals surface area contributed by atoms with Crippen molar-refractivity contribution in [1.82, 2.24) is 36.5 Å². The summed E-state index contributed by atoms with van der Waals surface area (Å²) in [6.07, 6.45) is 1.25. The zero-order chi connectivity index (χ0) is 37.8. The van der Waals surface area contributed by atoms with Crippen LogP contribution < -0.4 is 32.3 Å². The van der Waals surface area contributed by atoms with E-state index in [4.69, 9.17) is 16.2 Å². The van der Waals surface area contributed by atoms with Gasteiger partial charge in [-0.25, -0.2) is 0 Å². The fourth-order valence-electron chi connectivity index (χ4n) is 5.19. The number of benzene rings is 2. The Morgan fingerprint density at radius 3 is 2.14 bits per heavy atom. The Hall–Kier alpha value is -6.26. The maximum Gasteiger partial charge on any atom is 0.305 e. The maximum absolute atomic E-state index is 13.3. The van der Waals surface area contributed by atoms with Gasteiger partial charge < -0.3 is 47.3 Å². The molecule has 0 spiro atoms. The molecule has 3 aromatic rings. The Morgan fingerprint density at radius 2 is 1.53 bits per heavy atom. The highest BCUT2D eigenvalue weighted by Crippen LogP contribution is 2.15. The molecule has 0 bridgehead atoms. The van der Waals surface area contributed by atoms with E-state index in [1.807, 2.05) is 12.3 Å². The van der Waals surface area contributed by atoms with Crippen molar-refractivity contribution in [2.75, 3.05) is 26.7 Å². The lowest BCUT2D eigenvalue weighted by Gasteiger charge is -2.31. The number of hydrogen-bond donors (Lipinski definition) is 9. The van der Waals surface area contributed by atoms with E-state index in [9.17, 15) is 33.6 Å². The number of amides is 6. The molecule has 0 radical (unpaired) electrons. The van der Waals surface area contributed by atoms with Crippen LogP contribution in [0.1, 0.15) is 41.8 Å². The Balaban J connectivity index is 0.000000592. The molecule has 4 rings (SSSR count). The molecule has 1 aliphatic rings. The van der Waals surface area contributed by atoms with Gasteiger partial charge in [0.15, 0.2) is 0 Å². The molecule has 17 nitrogen and oxygen atoms in total. The molecule has 2 heterocycles. The van der Waals surface area contributed by atoms with Crippen LogP contribution in [-0.2, 0) is 28.8 Å². The lowest BCUT2D eigenvalue weighted by atomic mass is 10.0. The van der Waals surface area contributed by atoms with Crippen LogP contribution in [0.3, 0.4) is 0 Å². The molecule has 6 amide bonds. The highest BCUT2D eigenvalue weighted by atomic mass is 16.4. The monoisotopic (exact) mass is 705 g/mol. The van der Waals surface area contributed by atoms with Gasteiger partial charge in [0.25, 0.3) is 5.91 Å². The number of aryl methyl sites for hydroxylation is 1. The number of nitrogens with two attached hydrogens (primary N) is 1. The third-order valence-corrected chi connectivity index (χ3v) is 7.93. The van der Waals surface area contributed by atoms with Crippen molar-refractivity contribution in [2.45, 2.75) is 45.3 Å². The summed E-state index contributed by atoms with van der Waals surface area (Å²) < 4.78 is 0. The molecule has 1 fully saturated rings. The van der Waals surface area contributed by atoms with Crippen LogP contribution in [0, 0.1) is 18.3 Å². The quantitative estimate of drug-likeness (QED) is 0.112. The molecule has 272 valence electrons. The van der Waals surface area contributed by atoms with Crippen molar-refractivity contribution < 1.29 is 38.7 Å². The molecular weight excluding hydrogens is 662 g/mol. The molecular formula is C34H43N9O8. The third kappa shape index (κ3) is 11.1. The number of nitrogens with zero attached hydrogens (tertiary/aromatic N) is 1. The van der Waals surface area contributed by atoms with Gasteiger partial charge in [-0.1, -0.05) is 44.2 Å². The average Bonchev–Trinajstić information content (AvgIpc) is 3.47. The molecule has 1 unspecified atom stereocenters. The predicted octanol–water partition coefficient (Wildman–Crippen LogP) is -0.650. The van der Waals surface area contributed by atoms with Crippen LogP contribution in [0.2, 0.25) is 0 Å². The number of aromatic nitrogens is 1. The molecule has 17 heteroatoms. The van der Waals surface area contributed by atoms with E-state index in [1.165, 1.54) is 47.8 Å². The minimum absolute atomic E-state index is 0.185. The largest absolute Gasteiger partial charge is 0.481 e. The summed E-state index contributed by atoms with van der Waals surface area (Å²) in [4.78, 5) is 92.2. The number of nitrogens with one attached hydrogen (secondary N) is 7. The number of para-hydroxylation sites is 1. The second kappa shape index (κ2) is 17.9. The van der Waals surface area contributed by atoms with E-state index >= 15 is 0 Å². The first-order chi connectivity index (χ1) is 24.1. The first-order valence-corrected chi connectivity index (χ1v) is 16.0. The molecule has 1 saturated heterocycles. The second-order valence-corrected chi connectivity index (χ2v) is 12.1. The number of rotatable bonds is 7. The van der Waals surface area contributed by atoms with Crippen molar-refractivity contribution in [3.05, 3.63) is 71.4 Å². The fourth-order valence-corrected chi connectivity index (χ4v) is 5.19. The number of carboxylic acids is 1. The molecule has 10 N–H and O–H groups in total. The molecule has 51 heavy (non-hydrogen) atoms. The number of fused-ring (bicyclic) bond motifs is 1. The van der Waals surface area contributed by atoms with Gasteiger partial charge in [0.05, 0.1) is 19.5 Å². The summed E-state index contributed by atoms with van der Waals surface area (Å²) in [6.45, 7) is 3.76. The lowest BCUT2D eigenvalue weighted by molar-refractivity contribution is -0.142. The van der Waals surface area contributed by atoms with E-state index in [1.54, 1.807) is 13.8 Å². The number of H-pyrrole nitrogens is 1. The van der Waals surface area contributed by atoms with E-state index in [0.29, 0.717) is 5.56 Å². The van der Waals surface area contributed by atoms with Crippen LogP contribution in [0.25, 0.3) is 10.9 Å². The van der Waals surface area contributed by atoms with E-state index in [-0.39, 0.29) is 11.4 Å². The standard InChI is InChI=1S/C25H34N8O8.C9H9N/c1-12(2)20-25(41)32-16(9-28-22(38)14-6-4-13(5-7-14)21(26)27)24(40)29-10-17(34)31-15(8-19(36)37)23(39)30-11-18(35)33(20)3;1-7-6-10-9-5-3-2-4-8(7)9/h4-7,12,15-16,20H,8-11H2,1-3H3,(H3,26,27)(H,28,38)(H,29,40)(H,30,39)(H,31,34)(H,32,41)(H,36,37);2-6,10H,1H3/t15-,16-,20?;/m0./s1. The summed E-state index contributed by atoms with van der Waals surface area (Å²) in [5.41, 5.74) is 8.54. The van der Waals surface area contributed by atoms with Crippen LogP contribution in [0.15, 0.2) is 54.7 Å². The lowest BCUT2D eigenvalue weighted by Crippen LogP contribution is -2.59. The zero-order valence-corrected chi connectivity index (χ0v) is 28.7. The van der Waals surface area contributed by atoms with Crippen molar-refractivity contribution >= 4 is 58.2 Å². The van der Waals surface area contributed by atoms with Crippen LogP contribution in [0.5, 0.6) is 0 Å². The highest BCUT2D eigenvalue weighted by molar-refractivity contribution is 5.99. The summed E-state index contributed by atoms with van der Waals surface area (Å²) in [6, 6.07) is 10.1. The van der Waals surface area contributed by atoms with Crippen LogP contribution in [-0.4, -0.2) is 107 Å².